The van der Waals surface area contributed by atoms with Crippen LogP contribution in [0.5, 0.6) is 0 Å². The average molecular weight is 320 g/mol. The molecule has 0 unspecified atom stereocenters. The van der Waals surface area contributed by atoms with Crippen molar-refractivity contribution in [3.63, 3.8) is 0 Å². The summed E-state index contributed by atoms with van der Waals surface area (Å²) in [5.74, 6) is 0. The van der Waals surface area contributed by atoms with Crippen LogP contribution in [0.2, 0.25) is 0 Å². The van der Waals surface area contributed by atoms with Crippen molar-refractivity contribution in [1.29, 1.82) is 0 Å². The van der Waals surface area contributed by atoms with Crippen molar-refractivity contribution in [2.75, 3.05) is 12.4 Å². The molecule has 0 fully saturated rings. The summed E-state index contributed by atoms with van der Waals surface area (Å²) in [7, 11) is 1.35. The summed E-state index contributed by atoms with van der Waals surface area (Å²) in [5, 5.41) is 3.55. The van der Waals surface area contributed by atoms with E-state index in [0.717, 1.165) is 22.1 Å². The number of nitrogens with one attached hydrogen (secondary N) is 1. The van der Waals surface area contributed by atoms with Gasteiger partial charge in [0, 0.05) is 10.9 Å². The SMILES string of the molecule is COC(=O)Nc1ccccc1-c1ccc(CBr)cc1. The van der Waals surface area contributed by atoms with Gasteiger partial charge < -0.3 is 4.74 Å². The van der Waals surface area contributed by atoms with Crippen molar-refractivity contribution in [2.45, 2.75) is 5.33 Å². The van der Waals surface area contributed by atoms with Gasteiger partial charge in [-0.05, 0) is 17.2 Å². The van der Waals surface area contributed by atoms with E-state index in [9.17, 15) is 4.79 Å². The Labute approximate surface area is 120 Å². The molecular formula is C15H14BrNO2. The fraction of sp³-hybridized carbons (Fsp3) is 0.133. The van der Waals surface area contributed by atoms with Crippen LogP contribution in [0.1, 0.15) is 5.56 Å². The molecule has 19 heavy (non-hydrogen) atoms. The predicted octanol–water partition coefficient (Wildman–Crippen LogP) is 4.43. The highest BCUT2D eigenvalue weighted by molar-refractivity contribution is 9.08. The zero-order valence-corrected chi connectivity index (χ0v) is 12.1. The minimum Gasteiger partial charge on any atom is -0.453 e. The third-order valence-corrected chi connectivity index (χ3v) is 3.42. The second-order valence-electron chi connectivity index (χ2n) is 3.99. The number of carbonyl (C=O) groups excluding carboxylic acids is 1. The second kappa shape index (κ2) is 6.38. The van der Waals surface area contributed by atoms with E-state index in [2.05, 4.69) is 38.1 Å². The number of anilines is 1. The van der Waals surface area contributed by atoms with Crippen LogP contribution in [-0.2, 0) is 10.1 Å². The van der Waals surface area contributed by atoms with Crippen molar-refractivity contribution >= 4 is 27.7 Å². The van der Waals surface area contributed by atoms with Crippen LogP contribution in [0.4, 0.5) is 10.5 Å². The quantitative estimate of drug-likeness (QED) is 0.850. The van der Waals surface area contributed by atoms with E-state index in [1.54, 1.807) is 0 Å². The maximum absolute atomic E-state index is 11.3. The molecule has 0 aliphatic heterocycles. The number of hydrogen-bond donors (Lipinski definition) is 1. The molecule has 2 aromatic carbocycles. The van der Waals surface area contributed by atoms with Gasteiger partial charge >= 0.3 is 6.09 Å². The van der Waals surface area contributed by atoms with Gasteiger partial charge in [0.1, 0.15) is 0 Å². The standard InChI is InChI=1S/C15H14BrNO2/c1-19-15(18)17-14-5-3-2-4-13(14)12-8-6-11(10-16)7-9-12/h2-9H,10H2,1H3,(H,17,18). The molecule has 0 saturated heterocycles. The first kappa shape index (κ1) is 13.6. The number of alkyl halides is 1. The Hall–Kier alpha value is -1.81. The van der Waals surface area contributed by atoms with Crippen LogP contribution in [0.25, 0.3) is 11.1 Å². The number of para-hydroxylation sites is 1. The highest BCUT2D eigenvalue weighted by Crippen LogP contribution is 2.28. The van der Waals surface area contributed by atoms with Crippen LogP contribution in [0, 0.1) is 0 Å². The molecule has 1 N–H and O–H groups in total. The summed E-state index contributed by atoms with van der Waals surface area (Å²) >= 11 is 3.42. The number of hydrogen-bond acceptors (Lipinski definition) is 2. The third kappa shape index (κ3) is 3.35. The molecule has 0 heterocycles. The Bertz CT molecular complexity index is 567. The average Bonchev–Trinajstić information content (AvgIpc) is 2.48. The number of benzene rings is 2. The number of ether oxygens (including phenoxy) is 1. The lowest BCUT2D eigenvalue weighted by Crippen LogP contribution is -2.11. The van der Waals surface area contributed by atoms with Crippen LogP contribution >= 0.6 is 15.9 Å². The van der Waals surface area contributed by atoms with Crippen LogP contribution in [0.15, 0.2) is 48.5 Å². The van der Waals surface area contributed by atoms with E-state index >= 15 is 0 Å². The lowest BCUT2D eigenvalue weighted by atomic mass is 10.0. The molecule has 4 heteroatoms. The largest absolute Gasteiger partial charge is 0.453 e. The fourth-order valence-corrected chi connectivity index (χ4v) is 2.15. The van der Waals surface area contributed by atoms with E-state index in [0.29, 0.717) is 0 Å². The maximum atomic E-state index is 11.3. The highest BCUT2D eigenvalue weighted by atomic mass is 79.9. The van der Waals surface area contributed by atoms with E-state index in [1.165, 1.54) is 12.7 Å². The molecule has 2 rings (SSSR count). The minimum atomic E-state index is -0.468. The molecule has 0 spiro atoms. The molecule has 0 radical (unpaired) electrons. The monoisotopic (exact) mass is 319 g/mol. The summed E-state index contributed by atoms with van der Waals surface area (Å²) in [6.45, 7) is 0. The smallest absolute Gasteiger partial charge is 0.411 e. The van der Waals surface area contributed by atoms with Crippen molar-refractivity contribution in [2.24, 2.45) is 0 Å². The third-order valence-electron chi connectivity index (χ3n) is 2.77. The highest BCUT2D eigenvalue weighted by Gasteiger charge is 2.07. The molecule has 0 saturated carbocycles. The number of methoxy groups -OCH3 is 1. The Morgan fingerprint density at radius 3 is 2.47 bits per heavy atom. The Balaban J connectivity index is 2.35. The van der Waals surface area contributed by atoms with E-state index in [-0.39, 0.29) is 0 Å². The Morgan fingerprint density at radius 2 is 1.84 bits per heavy atom. The van der Waals surface area contributed by atoms with Crippen molar-refractivity contribution < 1.29 is 9.53 Å². The Kier molecular flexibility index (Phi) is 4.58. The first-order valence-electron chi connectivity index (χ1n) is 5.84. The number of halogens is 1. The summed E-state index contributed by atoms with van der Waals surface area (Å²) in [6.07, 6.45) is -0.468. The summed E-state index contributed by atoms with van der Waals surface area (Å²) in [5.41, 5.74) is 3.97. The van der Waals surface area contributed by atoms with Crippen LogP contribution in [0.3, 0.4) is 0 Å². The predicted molar refractivity (Wildman–Crippen MR) is 80.5 cm³/mol. The van der Waals surface area contributed by atoms with Gasteiger partial charge in [-0.25, -0.2) is 4.79 Å². The molecule has 0 bridgehead atoms. The topological polar surface area (TPSA) is 38.3 Å². The lowest BCUT2D eigenvalue weighted by Gasteiger charge is -2.10. The minimum absolute atomic E-state index is 0.468. The van der Waals surface area contributed by atoms with E-state index in [4.69, 9.17) is 0 Å². The molecule has 0 aliphatic rings. The molecule has 98 valence electrons. The Morgan fingerprint density at radius 1 is 1.16 bits per heavy atom. The first-order chi connectivity index (χ1) is 9.24. The summed E-state index contributed by atoms with van der Waals surface area (Å²) in [4.78, 5) is 11.3. The van der Waals surface area contributed by atoms with E-state index in [1.807, 2.05) is 36.4 Å². The van der Waals surface area contributed by atoms with Crippen LogP contribution in [-0.4, -0.2) is 13.2 Å². The second-order valence-corrected chi connectivity index (χ2v) is 4.55. The normalized spacial score (nSPS) is 10.0. The molecule has 2 aromatic rings. The van der Waals surface area contributed by atoms with Gasteiger partial charge in [-0.15, -0.1) is 0 Å². The van der Waals surface area contributed by atoms with Gasteiger partial charge in [0.05, 0.1) is 12.8 Å². The molecule has 0 aromatic heterocycles. The van der Waals surface area contributed by atoms with Gasteiger partial charge in [-0.2, -0.15) is 0 Å². The molecule has 0 aliphatic carbocycles. The van der Waals surface area contributed by atoms with E-state index < -0.39 is 6.09 Å². The van der Waals surface area contributed by atoms with Gasteiger partial charge in [-0.3, -0.25) is 5.32 Å². The number of carbonyl (C=O) groups is 1. The first-order valence-corrected chi connectivity index (χ1v) is 6.96. The molecule has 1 amide bonds. The van der Waals surface area contributed by atoms with Crippen molar-refractivity contribution in [1.82, 2.24) is 0 Å². The van der Waals surface area contributed by atoms with Gasteiger partial charge in [0.25, 0.3) is 0 Å². The van der Waals surface area contributed by atoms with Gasteiger partial charge in [0.2, 0.25) is 0 Å². The fourth-order valence-electron chi connectivity index (χ4n) is 1.78. The number of rotatable bonds is 3. The zero-order valence-electron chi connectivity index (χ0n) is 10.5. The number of amides is 1. The van der Waals surface area contributed by atoms with Gasteiger partial charge in [0.15, 0.2) is 0 Å². The van der Waals surface area contributed by atoms with Crippen molar-refractivity contribution in [3.8, 4) is 11.1 Å². The molecule has 3 nitrogen and oxygen atoms in total. The lowest BCUT2D eigenvalue weighted by molar-refractivity contribution is 0.187. The van der Waals surface area contributed by atoms with Crippen molar-refractivity contribution in [3.05, 3.63) is 54.1 Å². The molecule has 0 atom stereocenters. The zero-order chi connectivity index (χ0) is 13.7. The summed E-state index contributed by atoms with van der Waals surface area (Å²) in [6, 6.07) is 15.8. The molecular weight excluding hydrogens is 306 g/mol. The van der Waals surface area contributed by atoms with Gasteiger partial charge in [-0.1, -0.05) is 58.4 Å². The van der Waals surface area contributed by atoms with Crippen LogP contribution < -0.4 is 5.32 Å². The summed E-state index contributed by atoms with van der Waals surface area (Å²) < 4.78 is 4.63. The maximum Gasteiger partial charge on any atom is 0.411 e.